The van der Waals surface area contributed by atoms with Crippen LogP contribution in [0.4, 0.5) is 18.9 Å². The van der Waals surface area contributed by atoms with Gasteiger partial charge >= 0.3 is 11.9 Å². The maximum atomic E-state index is 12.5. The van der Waals surface area contributed by atoms with Gasteiger partial charge in [0.05, 0.1) is 17.7 Å². The quantitative estimate of drug-likeness (QED) is 0.499. The van der Waals surface area contributed by atoms with E-state index in [9.17, 15) is 27.6 Å². The van der Waals surface area contributed by atoms with E-state index in [0.717, 1.165) is 36.0 Å². The zero-order chi connectivity index (χ0) is 21.9. The number of hydrogen-bond donors (Lipinski definition) is 3. The van der Waals surface area contributed by atoms with E-state index >= 15 is 0 Å². The Morgan fingerprint density at radius 3 is 2.50 bits per heavy atom. The highest BCUT2D eigenvalue weighted by Gasteiger charge is 2.30. The van der Waals surface area contributed by atoms with E-state index in [1.165, 1.54) is 0 Å². The van der Waals surface area contributed by atoms with Crippen molar-refractivity contribution >= 4 is 23.4 Å². The molecule has 0 saturated carbocycles. The van der Waals surface area contributed by atoms with E-state index in [-0.39, 0.29) is 34.5 Å². The minimum atomic E-state index is -4.45. The first-order valence-electron chi connectivity index (χ1n) is 8.36. The third-order valence-electron chi connectivity index (χ3n) is 3.85. The molecule has 0 atom stereocenters. The standard InChI is InChI=1S/C17H14F3N5O4S/c1-8-11(14(27)23-15(28)21-8)6-13-24-25-16(29-13)30-7-12(26)22-10-4-2-9(3-5-10)17(18,19)20/h2-5H,6-7H2,1H3,(H,22,26)(H2,21,23,27,28). The van der Waals surface area contributed by atoms with Crippen molar-refractivity contribution in [3.8, 4) is 0 Å². The van der Waals surface area contributed by atoms with Gasteiger partial charge in [-0.05, 0) is 31.2 Å². The summed E-state index contributed by atoms with van der Waals surface area (Å²) in [5, 5.41) is 10.1. The average Bonchev–Trinajstić information content (AvgIpc) is 3.10. The van der Waals surface area contributed by atoms with Crippen molar-refractivity contribution < 1.29 is 22.4 Å². The molecule has 0 bridgehead atoms. The topological polar surface area (TPSA) is 134 Å². The van der Waals surface area contributed by atoms with Crippen molar-refractivity contribution in [3.05, 3.63) is 67.8 Å². The van der Waals surface area contributed by atoms with Crippen molar-refractivity contribution in [2.75, 3.05) is 11.1 Å². The lowest BCUT2D eigenvalue weighted by Gasteiger charge is -2.08. The molecule has 3 N–H and O–H groups in total. The third kappa shape index (κ3) is 5.37. The second kappa shape index (κ2) is 8.57. The number of nitrogens with one attached hydrogen (secondary N) is 3. The summed E-state index contributed by atoms with van der Waals surface area (Å²) in [6, 6.07) is 4.04. The highest BCUT2D eigenvalue weighted by molar-refractivity contribution is 7.99. The van der Waals surface area contributed by atoms with Crippen LogP contribution in [0.3, 0.4) is 0 Å². The average molecular weight is 441 g/mol. The number of anilines is 1. The zero-order valence-corrected chi connectivity index (χ0v) is 16.1. The SMILES string of the molecule is Cc1[nH]c(=O)[nH]c(=O)c1Cc1nnc(SCC(=O)Nc2ccc(C(F)(F)F)cc2)o1. The molecule has 0 saturated heterocycles. The van der Waals surface area contributed by atoms with Gasteiger partial charge in [-0.1, -0.05) is 11.8 Å². The Morgan fingerprint density at radius 1 is 1.17 bits per heavy atom. The molecule has 3 aromatic rings. The fraction of sp³-hybridized carbons (Fsp3) is 0.235. The Kier molecular flexibility index (Phi) is 6.10. The monoisotopic (exact) mass is 441 g/mol. The highest BCUT2D eigenvalue weighted by atomic mass is 32.2. The fourth-order valence-corrected chi connectivity index (χ4v) is 3.01. The van der Waals surface area contributed by atoms with Crippen LogP contribution in [0.2, 0.25) is 0 Å². The van der Waals surface area contributed by atoms with Gasteiger partial charge in [0.15, 0.2) is 0 Å². The molecule has 30 heavy (non-hydrogen) atoms. The molecule has 9 nitrogen and oxygen atoms in total. The van der Waals surface area contributed by atoms with Gasteiger partial charge < -0.3 is 14.7 Å². The second-order valence-electron chi connectivity index (χ2n) is 6.06. The maximum absolute atomic E-state index is 12.5. The van der Waals surface area contributed by atoms with Crippen molar-refractivity contribution in [2.24, 2.45) is 0 Å². The first kappa shape index (κ1) is 21.4. The first-order chi connectivity index (χ1) is 14.1. The summed E-state index contributed by atoms with van der Waals surface area (Å²) in [5.74, 6) is -0.491. The molecule has 1 aromatic carbocycles. The van der Waals surface area contributed by atoms with Crippen molar-refractivity contribution in [1.29, 1.82) is 0 Å². The van der Waals surface area contributed by atoms with E-state index in [4.69, 9.17) is 4.42 Å². The van der Waals surface area contributed by atoms with Gasteiger partial charge in [0.1, 0.15) is 0 Å². The molecule has 13 heteroatoms. The number of aryl methyl sites for hydroxylation is 1. The highest BCUT2D eigenvalue weighted by Crippen LogP contribution is 2.29. The predicted molar refractivity (Wildman–Crippen MR) is 100 cm³/mol. The van der Waals surface area contributed by atoms with Crippen LogP contribution in [0.5, 0.6) is 0 Å². The van der Waals surface area contributed by atoms with Gasteiger partial charge in [-0.3, -0.25) is 14.6 Å². The van der Waals surface area contributed by atoms with Crippen LogP contribution in [0.15, 0.2) is 43.5 Å². The summed E-state index contributed by atoms with van der Waals surface area (Å²) in [6.07, 6.45) is -4.46. The summed E-state index contributed by atoms with van der Waals surface area (Å²) in [7, 11) is 0. The minimum absolute atomic E-state index is 0.0107. The van der Waals surface area contributed by atoms with Crippen LogP contribution in [-0.2, 0) is 17.4 Å². The number of carbonyl (C=O) groups excluding carboxylic acids is 1. The number of benzene rings is 1. The molecule has 0 radical (unpaired) electrons. The van der Waals surface area contributed by atoms with E-state index < -0.39 is 28.9 Å². The molecule has 0 spiro atoms. The number of nitrogens with zero attached hydrogens (tertiary/aromatic N) is 2. The number of alkyl halides is 3. The molecule has 0 fully saturated rings. The molecule has 0 aliphatic carbocycles. The minimum Gasteiger partial charge on any atom is -0.416 e. The Balaban J connectivity index is 1.56. The molecule has 3 rings (SSSR count). The fourth-order valence-electron chi connectivity index (χ4n) is 2.42. The van der Waals surface area contributed by atoms with Crippen molar-refractivity contribution in [2.45, 2.75) is 24.7 Å². The molecule has 0 unspecified atom stereocenters. The molecule has 2 aromatic heterocycles. The number of thioether (sulfide) groups is 1. The summed E-state index contributed by atoms with van der Waals surface area (Å²) < 4.78 is 43.0. The number of aromatic amines is 2. The summed E-state index contributed by atoms with van der Waals surface area (Å²) in [4.78, 5) is 39.6. The lowest BCUT2D eigenvalue weighted by Crippen LogP contribution is -2.27. The second-order valence-corrected chi connectivity index (χ2v) is 6.99. The summed E-state index contributed by atoms with van der Waals surface area (Å²) in [6.45, 7) is 1.56. The van der Waals surface area contributed by atoms with E-state index in [1.54, 1.807) is 6.92 Å². The number of aromatic nitrogens is 4. The van der Waals surface area contributed by atoms with Gasteiger partial charge in [0.2, 0.25) is 11.8 Å². The van der Waals surface area contributed by atoms with Crippen LogP contribution in [0.25, 0.3) is 0 Å². The molecule has 2 heterocycles. The first-order valence-corrected chi connectivity index (χ1v) is 9.35. The number of rotatable bonds is 6. The summed E-state index contributed by atoms with van der Waals surface area (Å²) >= 11 is 0.921. The number of carbonyl (C=O) groups is 1. The normalized spacial score (nSPS) is 11.5. The lowest BCUT2D eigenvalue weighted by molar-refractivity contribution is -0.137. The molecular formula is C17H14F3N5O4S. The van der Waals surface area contributed by atoms with Gasteiger partial charge in [-0.25, -0.2) is 4.79 Å². The number of halogens is 3. The van der Waals surface area contributed by atoms with Crippen LogP contribution in [-0.4, -0.2) is 31.8 Å². The Morgan fingerprint density at radius 2 is 1.87 bits per heavy atom. The van der Waals surface area contributed by atoms with Crippen LogP contribution < -0.4 is 16.6 Å². The van der Waals surface area contributed by atoms with Gasteiger partial charge in [0.25, 0.3) is 10.8 Å². The number of hydrogen-bond acceptors (Lipinski definition) is 7. The summed E-state index contributed by atoms with van der Waals surface area (Å²) in [5.41, 5.74) is -1.17. The van der Waals surface area contributed by atoms with Crippen LogP contribution in [0, 0.1) is 6.92 Å². The molecule has 0 aliphatic rings. The van der Waals surface area contributed by atoms with E-state index in [1.807, 2.05) is 0 Å². The molecule has 0 aliphatic heterocycles. The van der Waals surface area contributed by atoms with Gasteiger partial charge in [-0.2, -0.15) is 13.2 Å². The van der Waals surface area contributed by atoms with Gasteiger partial charge in [-0.15, -0.1) is 10.2 Å². The smallest absolute Gasteiger partial charge is 0.416 e. The van der Waals surface area contributed by atoms with E-state index in [0.29, 0.717) is 5.69 Å². The number of amides is 1. The van der Waals surface area contributed by atoms with Crippen LogP contribution >= 0.6 is 11.8 Å². The van der Waals surface area contributed by atoms with E-state index in [2.05, 4.69) is 25.5 Å². The molecule has 1 amide bonds. The van der Waals surface area contributed by atoms with Gasteiger partial charge in [0, 0.05) is 16.9 Å². The van der Waals surface area contributed by atoms with Crippen molar-refractivity contribution in [3.63, 3.8) is 0 Å². The predicted octanol–water partition coefficient (Wildman–Crippen LogP) is 2.10. The number of H-pyrrole nitrogens is 2. The molecular weight excluding hydrogens is 427 g/mol. The Labute approximate surface area is 170 Å². The largest absolute Gasteiger partial charge is 0.416 e. The zero-order valence-electron chi connectivity index (χ0n) is 15.3. The maximum Gasteiger partial charge on any atom is 0.416 e. The Hall–Kier alpha value is -3.35. The molecule has 158 valence electrons. The Bertz CT molecular complexity index is 1170. The third-order valence-corrected chi connectivity index (χ3v) is 4.67. The van der Waals surface area contributed by atoms with Crippen molar-refractivity contribution in [1.82, 2.24) is 20.2 Å². The van der Waals surface area contributed by atoms with Crippen LogP contribution in [0.1, 0.15) is 22.7 Å². The lowest BCUT2D eigenvalue weighted by atomic mass is 10.2.